The molecule has 1 aromatic carbocycles. The molecule has 1 N–H and O–H groups in total. The number of halogens is 1. The molecule has 1 unspecified atom stereocenters. The van der Waals surface area contributed by atoms with Gasteiger partial charge < -0.3 is 14.8 Å². The quantitative estimate of drug-likeness (QED) is 0.724. The summed E-state index contributed by atoms with van der Waals surface area (Å²) in [6.07, 6.45) is 1.70. The zero-order chi connectivity index (χ0) is 13.4. The van der Waals surface area contributed by atoms with Crippen LogP contribution < -0.4 is 10.1 Å². The molecule has 0 aromatic heterocycles. The molecule has 1 rings (SSSR count). The van der Waals surface area contributed by atoms with Gasteiger partial charge in [-0.25, -0.2) is 4.39 Å². The van der Waals surface area contributed by atoms with Crippen molar-refractivity contribution in [1.82, 2.24) is 5.32 Å². The monoisotopic (exact) mass is 255 g/mol. The Morgan fingerprint density at radius 3 is 2.72 bits per heavy atom. The first-order valence-electron chi connectivity index (χ1n) is 6.29. The third kappa shape index (κ3) is 3.96. The minimum absolute atomic E-state index is 0.0405. The SMILES string of the molecule is CCNC(CCCOC)c1c(F)cccc1OC. The largest absolute Gasteiger partial charge is 0.496 e. The van der Waals surface area contributed by atoms with Gasteiger partial charge in [0.25, 0.3) is 0 Å². The maximum Gasteiger partial charge on any atom is 0.131 e. The molecule has 1 atom stereocenters. The molecule has 3 nitrogen and oxygen atoms in total. The van der Waals surface area contributed by atoms with Gasteiger partial charge in [0, 0.05) is 25.3 Å². The first-order valence-corrected chi connectivity index (χ1v) is 6.29. The minimum atomic E-state index is -0.224. The van der Waals surface area contributed by atoms with Crippen LogP contribution in [0.25, 0.3) is 0 Å². The van der Waals surface area contributed by atoms with Crippen molar-refractivity contribution < 1.29 is 13.9 Å². The van der Waals surface area contributed by atoms with Crippen LogP contribution in [0.5, 0.6) is 5.75 Å². The van der Waals surface area contributed by atoms with Gasteiger partial charge >= 0.3 is 0 Å². The molecule has 0 bridgehead atoms. The van der Waals surface area contributed by atoms with Gasteiger partial charge in [-0.3, -0.25) is 0 Å². The molecule has 0 saturated heterocycles. The molecule has 4 heteroatoms. The lowest BCUT2D eigenvalue weighted by Crippen LogP contribution is -2.23. The molecule has 0 amide bonds. The van der Waals surface area contributed by atoms with Crippen LogP contribution in [-0.4, -0.2) is 27.4 Å². The van der Waals surface area contributed by atoms with Crippen molar-refractivity contribution in [2.75, 3.05) is 27.4 Å². The number of hydrogen-bond donors (Lipinski definition) is 1. The number of nitrogens with one attached hydrogen (secondary N) is 1. The Kier molecular flexibility index (Phi) is 6.68. The lowest BCUT2D eigenvalue weighted by molar-refractivity contribution is 0.188. The van der Waals surface area contributed by atoms with Crippen LogP contribution >= 0.6 is 0 Å². The summed E-state index contributed by atoms with van der Waals surface area (Å²) >= 11 is 0. The van der Waals surface area contributed by atoms with Crippen LogP contribution in [0.1, 0.15) is 31.4 Å². The van der Waals surface area contributed by atoms with Crippen LogP contribution in [0.4, 0.5) is 4.39 Å². The molecule has 102 valence electrons. The first-order chi connectivity index (χ1) is 8.74. The molecule has 0 aliphatic heterocycles. The van der Waals surface area contributed by atoms with E-state index in [0.29, 0.717) is 17.9 Å². The third-order valence-electron chi connectivity index (χ3n) is 2.87. The summed E-state index contributed by atoms with van der Waals surface area (Å²) in [5.41, 5.74) is 0.609. The molecule has 0 saturated carbocycles. The second-order valence-corrected chi connectivity index (χ2v) is 4.10. The Labute approximate surface area is 108 Å². The summed E-state index contributed by atoms with van der Waals surface area (Å²) in [6, 6.07) is 4.88. The normalized spacial score (nSPS) is 12.4. The van der Waals surface area contributed by atoms with Crippen LogP contribution in [0.3, 0.4) is 0 Å². The molecule has 18 heavy (non-hydrogen) atoms. The van der Waals surface area contributed by atoms with Crippen molar-refractivity contribution in [3.63, 3.8) is 0 Å². The van der Waals surface area contributed by atoms with Gasteiger partial charge in [0.1, 0.15) is 11.6 Å². The minimum Gasteiger partial charge on any atom is -0.496 e. The number of hydrogen-bond acceptors (Lipinski definition) is 3. The number of methoxy groups -OCH3 is 2. The van der Waals surface area contributed by atoms with Gasteiger partial charge in [-0.15, -0.1) is 0 Å². The van der Waals surface area contributed by atoms with Crippen molar-refractivity contribution >= 4 is 0 Å². The van der Waals surface area contributed by atoms with Crippen molar-refractivity contribution in [1.29, 1.82) is 0 Å². The average Bonchev–Trinajstić information content (AvgIpc) is 2.38. The highest BCUT2D eigenvalue weighted by molar-refractivity contribution is 5.37. The summed E-state index contributed by atoms with van der Waals surface area (Å²) in [5, 5.41) is 3.30. The predicted molar refractivity (Wildman–Crippen MR) is 70.5 cm³/mol. The summed E-state index contributed by atoms with van der Waals surface area (Å²) < 4.78 is 24.3. The Morgan fingerprint density at radius 1 is 1.33 bits per heavy atom. The van der Waals surface area contributed by atoms with E-state index in [4.69, 9.17) is 9.47 Å². The Morgan fingerprint density at radius 2 is 2.11 bits per heavy atom. The second-order valence-electron chi connectivity index (χ2n) is 4.10. The van der Waals surface area contributed by atoms with E-state index in [1.165, 1.54) is 6.07 Å². The average molecular weight is 255 g/mol. The van der Waals surface area contributed by atoms with Gasteiger partial charge in [0.2, 0.25) is 0 Å². The van der Waals surface area contributed by atoms with E-state index in [1.54, 1.807) is 26.4 Å². The fraction of sp³-hybridized carbons (Fsp3) is 0.571. The molecule has 0 radical (unpaired) electrons. The van der Waals surface area contributed by atoms with E-state index in [-0.39, 0.29) is 11.9 Å². The fourth-order valence-electron chi connectivity index (χ4n) is 2.06. The van der Waals surface area contributed by atoms with Crippen molar-refractivity contribution in [2.24, 2.45) is 0 Å². The number of rotatable bonds is 8. The second kappa shape index (κ2) is 8.06. The van der Waals surface area contributed by atoms with Crippen LogP contribution in [0.2, 0.25) is 0 Å². The highest BCUT2D eigenvalue weighted by Crippen LogP contribution is 2.30. The third-order valence-corrected chi connectivity index (χ3v) is 2.87. The van der Waals surface area contributed by atoms with Gasteiger partial charge in [0.05, 0.1) is 7.11 Å². The highest BCUT2D eigenvalue weighted by Gasteiger charge is 2.19. The highest BCUT2D eigenvalue weighted by atomic mass is 19.1. The van der Waals surface area contributed by atoms with Gasteiger partial charge in [0.15, 0.2) is 0 Å². The molecule has 0 spiro atoms. The van der Waals surface area contributed by atoms with Gasteiger partial charge in [-0.05, 0) is 31.5 Å². The van der Waals surface area contributed by atoms with E-state index >= 15 is 0 Å². The van der Waals surface area contributed by atoms with E-state index in [9.17, 15) is 4.39 Å². The topological polar surface area (TPSA) is 30.5 Å². The smallest absolute Gasteiger partial charge is 0.131 e. The van der Waals surface area contributed by atoms with E-state index < -0.39 is 0 Å². The van der Waals surface area contributed by atoms with E-state index in [0.717, 1.165) is 19.4 Å². The lowest BCUT2D eigenvalue weighted by Gasteiger charge is -2.21. The summed E-state index contributed by atoms with van der Waals surface area (Å²) in [4.78, 5) is 0. The molecular formula is C14H22FNO2. The zero-order valence-electron chi connectivity index (χ0n) is 11.3. The molecule has 0 fully saturated rings. The molecule has 0 aliphatic rings. The predicted octanol–water partition coefficient (Wildman–Crippen LogP) is 2.91. The Hall–Kier alpha value is -1.13. The Bertz CT molecular complexity index is 358. The summed E-state index contributed by atoms with van der Waals surface area (Å²) in [7, 11) is 3.24. The standard InChI is InChI=1S/C14H22FNO2/c1-4-16-12(8-6-10-17-2)14-11(15)7-5-9-13(14)18-3/h5,7,9,12,16H,4,6,8,10H2,1-3H3. The fourth-order valence-corrected chi connectivity index (χ4v) is 2.06. The first kappa shape index (κ1) is 14.9. The van der Waals surface area contributed by atoms with Crippen molar-refractivity contribution in [3.8, 4) is 5.75 Å². The molecule has 1 aromatic rings. The van der Waals surface area contributed by atoms with Crippen LogP contribution in [-0.2, 0) is 4.74 Å². The van der Waals surface area contributed by atoms with Gasteiger partial charge in [-0.2, -0.15) is 0 Å². The summed E-state index contributed by atoms with van der Waals surface area (Å²) in [5.74, 6) is 0.371. The van der Waals surface area contributed by atoms with Crippen LogP contribution in [0, 0.1) is 5.82 Å². The number of benzene rings is 1. The number of ether oxygens (including phenoxy) is 2. The molecule has 0 heterocycles. The molecule has 0 aliphatic carbocycles. The molecular weight excluding hydrogens is 233 g/mol. The zero-order valence-corrected chi connectivity index (χ0v) is 11.3. The van der Waals surface area contributed by atoms with Crippen molar-refractivity contribution in [3.05, 3.63) is 29.6 Å². The Balaban J connectivity index is 2.89. The maximum atomic E-state index is 14.0. The lowest BCUT2D eigenvalue weighted by atomic mass is 10.00. The van der Waals surface area contributed by atoms with Crippen molar-refractivity contribution in [2.45, 2.75) is 25.8 Å². The van der Waals surface area contributed by atoms with Gasteiger partial charge in [-0.1, -0.05) is 13.0 Å². The maximum absolute atomic E-state index is 14.0. The summed E-state index contributed by atoms with van der Waals surface area (Å²) in [6.45, 7) is 3.48. The van der Waals surface area contributed by atoms with E-state index in [1.807, 2.05) is 6.92 Å². The van der Waals surface area contributed by atoms with E-state index in [2.05, 4.69) is 5.32 Å². The van der Waals surface area contributed by atoms with Crippen LogP contribution in [0.15, 0.2) is 18.2 Å².